The van der Waals surface area contributed by atoms with Crippen molar-refractivity contribution in [3.05, 3.63) is 35.4 Å². The van der Waals surface area contributed by atoms with Gasteiger partial charge in [0, 0.05) is 37.7 Å². The fourth-order valence-corrected chi connectivity index (χ4v) is 2.37. The standard InChI is InChI=1S/C16H23N3O2/c1-12(17)8-9-18-16(21)14-6-4-13(5-7-14)11-19-10-2-3-15(19)20/h4-7,12H,2-3,8-11,17H2,1H3,(H,18,21). The van der Waals surface area contributed by atoms with Gasteiger partial charge in [0.2, 0.25) is 5.91 Å². The number of amides is 2. The van der Waals surface area contributed by atoms with E-state index in [1.54, 1.807) is 12.1 Å². The average molecular weight is 289 g/mol. The first-order valence-corrected chi connectivity index (χ1v) is 7.47. The molecule has 0 aliphatic carbocycles. The number of carbonyl (C=O) groups is 2. The van der Waals surface area contributed by atoms with E-state index in [1.807, 2.05) is 24.0 Å². The molecule has 21 heavy (non-hydrogen) atoms. The summed E-state index contributed by atoms with van der Waals surface area (Å²) in [6.07, 6.45) is 2.36. The molecule has 1 fully saturated rings. The number of hydrogen-bond donors (Lipinski definition) is 2. The second-order valence-corrected chi connectivity index (χ2v) is 5.64. The molecule has 114 valence electrons. The van der Waals surface area contributed by atoms with Gasteiger partial charge in [0.25, 0.3) is 5.91 Å². The highest BCUT2D eigenvalue weighted by molar-refractivity contribution is 5.94. The maximum absolute atomic E-state index is 11.9. The van der Waals surface area contributed by atoms with Crippen LogP contribution in [0.1, 0.15) is 42.1 Å². The monoisotopic (exact) mass is 289 g/mol. The van der Waals surface area contributed by atoms with Crippen molar-refractivity contribution in [3.63, 3.8) is 0 Å². The van der Waals surface area contributed by atoms with Crippen LogP contribution < -0.4 is 11.1 Å². The second kappa shape index (κ2) is 7.22. The van der Waals surface area contributed by atoms with Crippen LogP contribution in [0, 0.1) is 0 Å². The van der Waals surface area contributed by atoms with E-state index in [0.717, 1.165) is 24.9 Å². The molecule has 0 spiro atoms. The van der Waals surface area contributed by atoms with Crippen molar-refractivity contribution in [2.45, 2.75) is 38.8 Å². The Kier molecular flexibility index (Phi) is 5.33. The van der Waals surface area contributed by atoms with E-state index in [9.17, 15) is 9.59 Å². The molecular weight excluding hydrogens is 266 g/mol. The molecule has 0 bridgehead atoms. The third-order valence-corrected chi connectivity index (χ3v) is 3.65. The number of nitrogens with one attached hydrogen (secondary N) is 1. The van der Waals surface area contributed by atoms with Gasteiger partial charge in [0.1, 0.15) is 0 Å². The molecule has 2 rings (SSSR count). The van der Waals surface area contributed by atoms with E-state index < -0.39 is 0 Å². The largest absolute Gasteiger partial charge is 0.352 e. The Morgan fingerprint density at radius 2 is 2.10 bits per heavy atom. The molecule has 0 saturated carbocycles. The minimum atomic E-state index is -0.0838. The predicted octanol–water partition coefficient (Wildman–Crippen LogP) is 1.28. The summed E-state index contributed by atoms with van der Waals surface area (Å²) in [5.74, 6) is 0.132. The Balaban J connectivity index is 1.86. The number of likely N-dealkylation sites (tertiary alicyclic amines) is 1. The van der Waals surface area contributed by atoms with Crippen LogP contribution in [0.2, 0.25) is 0 Å². The van der Waals surface area contributed by atoms with Gasteiger partial charge in [-0.05, 0) is 37.5 Å². The summed E-state index contributed by atoms with van der Waals surface area (Å²) >= 11 is 0. The molecule has 5 nitrogen and oxygen atoms in total. The Hall–Kier alpha value is -1.88. The first kappa shape index (κ1) is 15.5. The molecule has 1 aromatic carbocycles. The van der Waals surface area contributed by atoms with Crippen LogP contribution in [0.25, 0.3) is 0 Å². The van der Waals surface area contributed by atoms with Crippen molar-refractivity contribution in [2.75, 3.05) is 13.1 Å². The number of rotatable bonds is 6. The topological polar surface area (TPSA) is 75.4 Å². The lowest BCUT2D eigenvalue weighted by Gasteiger charge is -2.15. The van der Waals surface area contributed by atoms with Crippen molar-refractivity contribution >= 4 is 11.8 Å². The number of hydrogen-bond acceptors (Lipinski definition) is 3. The van der Waals surface area contributed by atoms with Crippen LogP contribution >= 0.6 is 0 Å². The van der Waals surface area contributed by atoms with E-state index >= 15 is 0 Å². The van der Waals surface area contributed by atoms with Crippen molar-refractivity contribution in [2.24, 2.45) is 5.73 Å². The lowest BCUT2D eigenvalue weighted by molar-refractivity contribution is -0.128. The zero-order valence-electron chi connectivity index (χ0n) is 12.5. The Labute approximate surface area is 125 Å². The minimum absolute atomic E-state index is 0.0838. The number of benzene rings is 1. The molecule has 1 aliphatic heterocycles. The molecule has 1 unspecified atom stereocenters. The van der Waals surface area contributed by atoms with Crippen LogP contribution in [-0.4, -0.2) is 35.8 Å². The molecule has 1 atom stereocenters. The van der Waals surface area contributed by atoms with Crippen LogP contribution in [0.5, 0.6) is 0 Å². The highest BCUT2D eigenvalue weighted by Gasteiger charge is 2.19. The van der Waals surface area contributed by atoms with Crippen molar-refractivity contribution in [1.29, 1.82) is 0 Å². The third kappa shape index (κ3) is 4.56. The second-order valence-electron chi connectivity index (χ2n) is 5.64. The van der Waals surface area contributed by atoms with Crippen LogP contribution in [0.15, 0.2) is 24.3 Å². The first-order chi connectivity index (χ1) is 10.1. The zero-order valence-corrected chi connectivity index (χ0v) is 12.5. The molecule has 1 aromatic rings. The van der Waals surface area contributed by atoms with E-state index in [-0.39, 0.29) is 17.9 Å². The highest BCUT2D eigenvalue weighted by Crippen LogP contribution is 2.14. The normalized spacial score (nSPS) is 16.1. The fraction of sp³-hybridized carbons (Fsp3) is 0.500. The Bertz CT molecular complexity index is 497. The van der Waals surface area contributed by atoms with Gasteiger partial charge >= 0.3 is 0 Å². The Morgan fingerprint density at radius 3 is 2.67 bits per heavy atom. The predicted molar refractivity (Wildman–Crippen MR) is 81.7 cm³/mol. The van der Waals surface area contributed by atoms with Crippen LogP contribution in [0.4, 0.5) is 0 Å². The molecule has 1 heterocycles. The quantitative estimate of drug-likeness (QED) is 0.828. The number of nitrogens with zero attached hydrogens (tertiary/aromatic N) is 1. The maximum Gasteiger partial charge on any atom is 0.251 e. The van der Waals surface area contributed by atoms with Crippen LogP contribution in [-0.2, 0) is 11.3 Å². The highest BCUT2D eigenvalue weighted by atomic mass is 16.2. The van der Waals surface area contributed by atoms with Crippen molar-refractivity contribution in [3.8, 4) is 0 Å². The zero-order chi connectivity index (χ0) is 15.2. The van der Waals surface area contributed by atoms with Gasteiger partial charge in [-0.15, -0.1) is 0 Å². The molecule has 1 aliphatic rings. The third-order valence-electron chi connectivity index (χ3n) is 3.65. The molecule has 1 saturated heterocycles. The summed E-state index contributed by atoms with van der Waals surface area (Å²) < 4.78 is 0. The lowest BCUT2D eigenvalue weighted by atomic mass is 10.1. The minimum Gasteiger partial charge on any atom is -0.352 e. The molecule has 3 N–H and O–H groups in total. The van der Waals surface area contributed by atoms with Gasteiger partial charge in [-0.2, -0.15) is 0 Å². The summed E-state index contributed by atoms with van der Waals surface area (Å²) in [7, 11) is 0. The summed E-state index contributed by atoms with van der Waals surface area (Å²) in [5.41, 5.74) is 7.33. The van der Waals surface area contributed by atoms with E-state index in [4.69, 9.17) is 5.73 Å². The number of carbonyl (C=O) groups excluding carboxylic acids is 2. The van der Waals surface area contributed by atoms with Gasteiger partial charge in [-0.25, -0.2) is 0 Å². The Morgan fingerprint density at radius 1 is 1.38 bits per heavy atom. The summed E-state index contributed by atoms with van der Waals surface area (Å²) in [4.78, 5) is 25.4. The molecule has 5 heteroatoms. The maximum atomic E-state index is 11.9. The van der Waals surface area contributed by atoms with E-state index in [0.29, 0.717) is 25.1 Å². The van der Waals surface area contributed by atoms with Crippen LogP contribution in [0.3, 0.4) is 0 Å². The van der Waals surface area contributed by atoms with Gasteiger partial charge < -0.3 is 16.0 Å². The van der Waals surface area contributed by atoms with E-state index in [1.165, 1.54) is 0 Å². The van der Waals surface area contributed by atoms with Gasteiger partial charge in [0.15, 0.2) is 0 Å². The van der Waals surface area contributed by atoms with Crippen molar-refractivity contribution in [1.82, 2.24) is 10.2 Å². The molecule has 0 aromatic heterocycles. The fourth-order valence-electron chi connectivity index (χ4n) is 2.37. The first-order valence-electron chi connectivity index (χ1n) is 7.47. The van der Waals surface area contributed by atoms with E-state index in [2.05, 4.69) is 5.32 Å². The van der Waals surface area contributed by atoms with Gasteiger partial charge in [0.05, 0.1) is 0 Å². The summed E-state index contributed by atoms with van der Waals surface area (Å²) in [6, 6.07) is 7.51. The lowest BCUT2D eigenvalue weighted by Crippen LogP contribution is -2.29. The smallest absolute Gasteiger partial charge is 0.251 e. The molecular formula is C16H23N3O2. The number of nitrogens with two attached hydrogens (primary N) is 1. The summed E-state index contributed by atoms with van der Waals surface area (Å²) in [6.45, 7) is 3.96. The van der Waals surface area contributed by atoms with Crippen molar-refractivity contribution < 1.29 is 9.59 Å². The SMILES string of the molecule is CC(N)CCNC(=O)c1ccc(CN2CCCC2=O)cc1. The molecule has 0 radical (unpaired) electrons. The van der Waals surface area contributed by atoms with Gasteiger partial charge in [-0.3, -0.25) is 9.59 Å². The molecule has 2 amide bonds. The summed E-state index contributed by atoms with van der Waals surface area (Å²) in [5, 5.41) is 2.85. The van der Waals surface area contributed by atoms with Gasteiger partial charge in [-0.1, -0.05) is 12.1 Å². The average Bonchev–Trinajstić information content (AvgIpc) is 2.84.